The Morgan fingerprint density at radius 3 is 2.44 bits per heavy atom. The number of unbranched alkanes of at least 4 members (excludes halogenated alkanes) is 3. The Kier molecular flexibility index (Phi) is 7.18. The second kappa shape index (κ2) is 8.16. The van der Waals surface area contributed by atoms with Crippen LogP contribution in [0.2, 0.25) is 0 Å². The van der Waals surface area contributed by atoms with E-state index in [1.165, 1.54) is 57.8 Å². The van der Waals surface area contributed by atoms with Crippen LogP contribution in [-0.4, -0.2) is 5.12 Å². The van der Waals surface area contributed by atoms with Gasteiger partial charge in [0.15, 0.2) is 5.12 Å². The Morgan fingerprint density at radius 2 is 1.88 bits per heavy atom. The van der Waals surface area contributed by atoms with Gasteiger partial charge in [0, 0.05) is 5.92 Å². The first-order valence-electron chi connectivity index (χ1n) is 6.98. The van der Waals surface area contributed by atoms with Gasteiger partial charge in [0.1, 0.15) is 0 Å². The Hall–Kier alpha value is 0.0200. The van der Waals surface area contributed by atoms with Crippen LogP contribution in [0.4, 0.5) is 0 Å². The van der Waals surface area contributed by atoms with Crippen LogP contribution in [0.15, 0.2) is 0 Å². The zero-order valence-electron chi connectivity index (χ0n) is 10.6. The normalized spacial score (nSPS) is 19.6. The van der Waals surface area contributed by atoms with Crippen LogP contribution in [0.25, 0.3) is 0 Å². The minimum Gasteiger partial charge on any atom is -0.287 e. The quantitative estimate of drug-likeness (QED) is 0.509. The molecule has 1 saturated carbocycles. The van der Waals surface area contributed by atoms with Crippen molar-refractivity contribution < 1.29 is 4.79 Å². The highest BCUT2D eigenvalue weighted by molar-refractivity contribution is 7.96. The second-order valence-electron chi connectivity index (χ2n) is 5.19. The molecule has 16 heavy (non-hydrogen) atoms. The first kappa shape index (κ1) is 14.1. The molecule has 0 heterocycles. The molecule has 0 aromatic heterocycles. The molecule has 0 aromatic rings. The molecule has 2 heteroatoms. The molecule has 0 saturated heterocycles. The number of hydrogen-bond donors (Lipinski definition) is 1. The fraction of sp³-hybridized carbons (Fsp3) is 0.929. The summed E-state index contributed by atoms with van der Waals surface area (Å²) in [5.41, 5.74) is 0. The zero-order valence-corrected chi connectivity index (χ0v) is 11.5. The average molecular weight is 242 g/mol. The fourth-order valence-corrected chi connectivity index (χ4v) is 3.23. The molecule has 0 N–H and O–H groups in total. The lowest BCUT2D eigenvalue weighted by Gasteiger charge is -2.28. The van der Waals surface area contributed by atoms with Crippen molar-refractivity contribution in [3.05, 3.63) is 0 Å². The average Bonchev–Trinajstić information content (AvgIpc) is 2.30. The third-order valence-electron chi connectivity index (χ3n) is 3.90. The van der Waals surface area contributed by atoms with Gasteiger partial charge in [-0.15, -0.1) is 12.6 Å². The molecule has 1 rings (SSSR count). The zero-order chi connectivity index (χ0) is 11.8. The molecule has 1 atom stereocenters. The molecule has 1 aliphatic rings. The summed E-state index contributed by atoms with van der Waals surface area (Å²) in [6.45, 7) is 2.22. The minimum atomic E-state index is 0.142. The fourth-order valence-electron chi connectivity index (χ4n) is 2.89. The SMILES string of the molecule is CCCCCCC(C(=O)S)C1CCCCC1. The second-order valence-corrected chi connectivity index (χ2v) is 5.63. The minimum absolute atomic E-state index is 0.142. The van der Waals surface area contributed by atoms with E-state index >= 15 is 0 Å². The Labute approximate surface area is 106 Å². The van der Waals surface area contributed by atoms with Crippen LogP contribution in [0.1, 0.15) is 71.1 Å². The van der Waals surface area contributed by atoms with Gasteiger partial charge in [-0.2, -0.15) is 0 Å². The number of thiol groups is 1. The van der Waals surface area contributed by atoms with Gasteiger partial charge < -0.3 is 0 Å². The first-order valence-corrected chi connectivity index (χ1v) is 7.43. The van der Waals surface area contributed by atoms with E-state index in [9.17, 15) is 4.79 Å². The van der Waals surface area contributed by atoms with Crippen molar-refractivity contribution in [2.24, 2.45) is 11.8 Å². The smallest absolute Gasteiger partial charge is 0.189 e. The summed E-state index contributed by atoms with van der Waals surface area (Å²) in [5.74, 6) is 0.890. The van der Waals surface area contributed by atoms with E-state index in [-0.39, 0.29) is 11.0 Å². The molecule has 0 amide bonds. The van der Waals surface area contributed by atoms with Gasteiger partial charge in [0.2, 0.25) is 0 Å². The largest absolute Gasteiger partial charge is 0.287 e. The van der Waals surface area contributed by atoms with Gasteiger partial charge >= 0.3 is 0 Å². The van der Waals surface area contributed by atoms with Gasteiger partial charge in [-0.3, -0.25) is 4.79 Å². The molecule has 0 radical (unpaired) electrons. The molecular weight excluding hydrogens is 216 g/mol. The number of hydrogen-bond acceptors (Lipinski definition) is 1. The number of rotatable bonds is 7. The molecule has 1 aliphatic carbocycles. The highest BCUT2D eigenvalue weighted by Gasteiger charge is 2.26. The van der Waals surface area contributed by atoms with E-state index < -0.39 is 0 Å². The third kappa shape index (κ3) is 4.90. The Morgan fingerprint density at radius 1 is 1.19 bits per heavy atom. The maximum atomic E-state index is 11.6. The standard InChI is InChI=1S/C14H26OS/c1-2-3-4-8-11-13(14(15)16)12-9-6-5-7-10-12/h12-13H,2-11H2,1H3,(H,15,16). The summed E-state index contributed by atoms with van der Waals surface area (Å²) in [4.78, 5) is 11.6. The lowest BCUT2D eigenvalue weighted by molar-refractivity contribution is -0.116. The van der Waals surface area contributed by atoms with E-state index in [2.05, 4.69) is 19.6 Å². The van der Waals surface area contributed by atoms with Gasteiger partial charge in [-0.1, -0.05) is 51.9 Å². The van der Waals surface area contributed by atoms with Crippen molar-refractivity contribution in [3.8, 4) is 0 Å². The molecular formula is C14H26OS. The van der Waals surface area contributed by atoms with Crippen LogP contribution >= 0.6 is 12.6 Å². The lowest BCUT2D eigenvalue weighted by Crippen LogP contribution is -2.23. The van der Waals surface area contributed by atoms with E-state index in [0.717, 1.165) is 6.42 Å². The first-order chi connectivity index (χ1) is 7.75. The predicted molar refractivity (Wildman–Crippen MR) is 72.8 cm³/mol. The molecule has 1 unspecified atom stereocenters. The molecule has 0 aromatic carbocycles. The van der Waals surface area contributed by atoms with Crippen molar-refractivity contribution in [1.82, 2.24) is 0 Å². The maximum Gasteiger partial charge on any atom is 0.189 e. The number of carbonyl (C=O) groups is 1. The van der Waals surface area contributed by atoms with E-state index in [0.29, 0.717) is 5.92 Å². The molecule has 94 valence electrons. The summed E-state index contributed by atoms with van der Waals surface area (Å²) in [5, 5.41) is 0.142. The van der Waals surface area contributed by atoms with E-state index in [1.54, 1.807) is 0 Å². The summed E-state index contributed by atoms with van der Waals surface area (Å²) >= 11 is 4.09. The van der Waals surface area contributed by atoms with Crippen molar-refractivity contribution in [1.29, 1.82) is 0 Å². The van der Waals surface area contributed by atoms with Crippen molar-refractivity contribution in [2.45, 2.75) is 71.1 Å². The summed E-state index contributed by atoms with van der Waals surface area (Å²) in [6.07, 6.45) is 12.6. The maximum absolute atomic E-state index is 11.6. The van der Waals surface area contributed by atoms with Crippen molar-refractivity contribution in [3.63, 3.8) is 0 Å². The molecule has 0 spiro atoms. The Bertz CT molecular complexity index is 197. The predicted octanol–water partition coefficient (Wildman–Crippen LogP) is 4.61. The highest BCUT2D eigenvalue weighted by Crippen LogP contribution is 2.34. The van der Waals surface area contributed by atoms with Crippen LogP contribution in [0, 0.1) is 11.8 Å². The topological polar surface area (TPSA) is 17.1 Å². The van der Waals surface area contributed by atoms with Gasteiger partial charge in [-0.05, 0) is 25.2 Å². The third-order valence-corrected chi connectivity index (χ3v) is 4.24. The summed E-state index contributed by atoms with van der Waals surface area (Å²) in [6, 6.07) is 0. The van der Waals surface area contributed by atoms with Crippen molar-refractivity contribution >= 4 is 17.7 Å². The van der Waals surface area contributed by atoms with Gasteiger partial charge in [-0.25, -0.2) is 0 Å². The summed E-state index contributed by atoms with van der Waals surface area (Å²) < 4.78 is 0. The summed E-state index contributed by atoms with van der Waals surface area (Å²) in [7, 11) is 0. The molecule has 1 fully saturated rings. The monoisotopic (exact) mass is 242 g/mol. The van der Waals surface area contributed by atoms with E-state index in [4.69, 9.17) is 0 Å². The van der Waals surface area contributed by atoms with Crippen LogP contribution in [0.5, 0.6) is 0 Å². The lowest BCUT2D eigenvalue weighted by atomic mass is 9.78. The highest BCUT2D eigenvalue weighted by atomic mass is 32.1. The molecule has 0 aliphatic heterocycles. The molecule has 1 nitrogen and oxygen atoms in total. The van der Waals surface area contributed by atoms with Crippen LogP contribution < -0.4 is 0 Å². The molecule has 0 bridgehead atoms. The van der Waals surface area contributed by atoms with E-state index in [1.807, 2.05) is 0 Å². The van der Waals surface area contributed by atoms with Crippen molar-refractivity contribution in [2.75, 3.05) is 0 Å². The van der Waals surface area contributed by atoms with Crippen LogP contribution in [-0.2, 0) is 4.79 Å². The van der Waals surface area contributed by atoms with Gasteiger partial charge in [0.25, 0.3) is 0 Å². The Balaban J connectivity index is 2.31. The number of carbonyl (C=O) groups excluding carboxylic acids is 1. The van der Waals surface area contributed by atoms with Crippen LogP contribution in [0.3, 0.4) is 0 Å². The van der Waals surface area contributed by atoms with Gasteiger partial charge in [0.05, 0.1) is 0 Å².